The van der Waals surface area contributed by atoms with Crippen molar-refractivity contribution in [3.05, 3.63) is 40.4 Å². The van der Waals surface area contributed by atoms with E-state index in [0.717, 1.165) is 23.0 Å². The van der Waals surface area contributed by atoms with E-state index in [1.807, 2.05) is 0 Å². The molecule has 2 aliphatic rings. The summed E-state index contributed by atoms with van der Waals surface area (Å²) in [4.78, 5) is 14.6. The van der Waals surface area contributed by atoms with Crippen LogP contribution < -0.4 is 10.6 Å². The minimum Gasteiger partial charge on any atom is -0.334 e. The fraction of sp³-hybridized carbons (Fsp3) is 0.550. The van der Waals surface area contributed by atoms with E-state index in [0.29, 0.717) is 17.6 Å². The number of nitrogens with zero attached hydrogens (tertiary/aromatic N) is 3. The number of anilines is 1. The predicted molar refractivity (Wildman–Crippen MR) is 108 cm³/mol. The summed E-state index contributed by atoms with van der Waals surface area (Å²) in [7, 11) is 0. The molecule has 7 heteroatoms. The van der Waals surface area contributed by atoms with Crippen LogP contribution in [0.1, 0.15) is 54.7 Å². The molecule has 0 radical (unpaired) electrons. The number of hydrogen-bond acceptors (Lipinski definition) is 5. The Morgan fingerprint density at radius 3 is 2.74 bits per heavy atom. The minimum atomic E-state index is -0.232. The van der Waals surface area contributed by atoms with Crippen LogP contribution in [-0.4, -0.2) is 34.2 Å². The molecular formula is C20H27N5OS. The van der Waals surface area contributed by atoms with Crippen LogP contribution in [0, 0.1) is 5.92 Å². The minimum absolute atomic E-state index is 0.232. The van der Waals surface area contributed by atoms with Crippen molar-refractivity contribution < 1.29 is 4.79 Å². The lowest BCUT2D eigenvalue weighted by molar-refractivity contribution is 0.185. The molecule has 1 saturated heterocycles. The highest BCUT2D eigenvalue weighted by molar-refractivity contribution is 7.15. The van der Waals surface area contributed by atoms with Crippen LogP contribution in [0.5, 0.6) is 0 Å². The van der Waals surface area contributed by atoms with E-state index in [9.17, 15) is 4.79 Å². The molecule has 2 N–H and O–H groups in total. The number of likely N-dealkylation sites (tertiary alicyclic amines) is 1. The second-order valence-electron chi connectivity index (χ2n) is 7.81. The van der Waals surface area contributed by atoms with Gasteiger partial charge in [0.25, 0.3) is 0 Å². The number of aromatic nitrogens is 2. The lowest BCUT2D eigenvalue weighted by atomic mass is 9.98. The zero-order valence-corrected chi connectivity index (χ0v) is 16.6. The van der Waals surface area contributed by atoms with Crippen LogP contribution in [0.2, 0.25) is 0 Å². The van der Waals surface area contributed by atoms with Crippen molar-refractivity contribution in [1.82, 2.24) is 20.4 Å². The molecule has 1 aliphatic heterocycles. The van der Waals surface area contributed by atoms with E-state index < -0.39 is 0 Å². The van der Waals surface area contributed by atoms with Crippen LogP contribution >= 0.6 is 11.3 Å². The molecule has 27 heavy (non-hydrogen) atoms. The van der Waals surface area contributed by atoms with Gasteiger partial charge in [0, 0.05) is 19.0 Å². The molecule has 0 spiro atoms. The largest absolute Gasteiger partial charge is 0.334 e. The van der Waals surface area contributed by atoms with Crippen LogP contribution in [0.25, 0.3) is 0 Å². The third kappa shape index (κ3) is 5.26. The maximum Gasteiger partial charge on any atom is 0.321 e. The third-order valence-corrected chi connectivity index (χ3v) is 6.32. The summed E-state index contributed by atoms with van der Waals surface area (Å²) in [5, 5.41) is 15.5. The van der Waals surface area contributed by atoms with Gasteiger partial charge in [-0.05, 0) is 55.8 Å². The highest BCUT2D eigenvalue weighted by Crippen LogP contribution is 2.42. The Balaban J connectivity index is 1.25. The number of nitrogens with one attached hydrogen (secondary N) is 2. The van der Waals surface area contributed by atoms with Gasteiger partial charge in [0.05, 0.1) is 0 Å². The lowest BCUT2D eigenvalue weighted by Gasteiger charge is -2.30. The Hall–Kier alpha value is -1.99. The first-order valence-corrected chi connectivity index (χ1v) is 10.7. The maximum absolute atomic E-state index is 12.1. The fourth-order valence-corrected chi connectivity index (χ4v) is 4.33. The molecule has 6 nitrogen and oxygen atoms in total. The monoisotopic (exact) mass is 385 g/mol. The molecule has 0 atom stereocenters. The standard InChI is InChI=1S/C20H27N5OS/c1-14-7-9-25(10-8-14)13-16-4-2-3-15(11-16)12-21-19(26)22-20-24-23-18(27-20)17-5-6-17/h2-4,11,14,17H,5-10,12-13H2,1H3,(H2,21,22,24,26). The molecule has 1 aromatic heterocycles. The van der Waals surface area contributed by atoms with Crippen molar-refractivity contribution >= 4 is 22.5 Å². The molecule has 1 saturated carbocycles. The Bertz CT molecular complexity index is 780. The van der Waals surface area contributed by atoms with Gasteiger partial charge in [-0.15, -0.1) is 10.2 Å². The quantitative estimate of drug-likeness (QED) is 0.789. The average Bonchev–Trinajstić information content (AvgIpc) is 3.42. The zero-order valence-electron chi connectivity index (χ0n) is 15.8. The summed E-state index contributed by atoms with van der Waals surface area (Å²) in [6.45, 7) is 6.18. The molecule has 0 bridgehead atoms. The number of piperidine rings is 1. The van der Waals surface area contributed by atoms with E-state index >= 15 is 0 Å². The SMILES string of the molecule is CC1CCN(Cc2cccc(CNC(=O)Nc3nnc(C4CC4)s3)c2)CC1. The molecule has 144 valence electrons. The van der Waals surface area contributed by atoms with Crippen molar-refractivity contribution in [2.24, 2.45) is 5.92 Å². The summed E-state index contributed by atoms with van der Waals surface area (Å²) in [6.07, 6.45) is 4.95. The molecule has 4 rings (SSSR count). The van der Waals surface area contributed by atoms with Crippen molar-refractivity contribution in [1.29, 1.82) is 0 Å². The summed E-state index contributed by atoms with van der Waals surface area (Å²) in [5.41, 5.74) is 2.42. The van der Waals surface area contributed by atoms with Gasteiger partial charge in [-0.25, -0.2) is 4.79 Å². The van der Waals surface area contributed by atoms with Crippen LogP contribution in [0.15, 0.2) is 24.3 Å². The van der Waals surface area contributed by atoms with Crippen molar-refractivity contribution in [3.63, 3.8) is 0 Å². The van der Waals surface area contributed by atoms with Crippen LogP contribution in [0.3, 0.4) is 0 Å². The molecule has 1 aromatic carbocycles. The van der Waals surface area contributed by atoms with E-state index in [4.69, 9.17) is 0 Å². The average molecular weight is 386 g/mol. The maximum atomic E-state index is 12.1. The van der Waals surface area contributed by atoms with Gasteiger partial charge < -0.3 is 5.32 Å². The molecular weight excluding hydrogens is 358 g/mol. The highest BCUT2D eigenvalue weighted by Gasteiger charge is 2.27. The number of hydrogen-bond donors (Lipinski definition) is 2. The third-order valence-electron chi connectivity index (χ3n) is 5.31. The Morgan fingerprint density at radius 1 is 1.19 bits per heavy atom. The number of benzene rings is 1. The van der Waals surface area contributed by atoms with Crippen LogP contribution in [0.4, 0.5) is 9.93 Å². The second kappa shape index (κ2) is 8.35. The van der Waals surface area contributed by atoms with E-state index in [2.05, 4.69) is 56.9 Å². The van der Waals surface area contributed by atoms with Gasteiger partial charge in [0.15, 0.2) is 0 Å². The van der Waals surface area contributed by atoms with E-state index in [1.165, 1.54) is 55.7 Å². The lowest BCUT2D eigenvalue weighted by Crippen LogP contribution is -2.32. The zero-order chi connectivity index (χ0) is 18.6. The summed E-state index contributed by atoms with van der Waals surface area (Å²) in [6, 6.07) is 8.25. The molecule has 2 aromatic rings. The second-order valence-corrected chi connectivity index (χ2v) is 8.82. The molecule has 0 unspecified atom stereocenters. The normalized spacial score (nSPS) is 18.4. The van der Waals surface area contributed by atoms with Crippen molar-refractivity contribution in [3.8, 4) is 0 Å². The van der Waals surface area contributed by atoms with Crippen molar-refractivity contribution in [2.45, 2.75) is 51.6 Å². The summed E-state index contributed by atoms with van der Waals surface area (Å²) in [5.74, 6) is 1.41. The summed E-state index contributed by atoms with van der Waals surface area (Å²) >= 11 is 1.48. The van der Waals surface area contributed by atoms with Gasteiger partial charge >= 0.3 is 6.03 Å². The van der Waals surface area contributed by atoms with Gasteiger partial charge in [0.2, 0.25) is 5.13 Å². The molecule has 2 heterocycles. The number of amides is 2. The number of carbonyl (C=O) groups excluding carboxylic acids is 1. The highest BCUT2D eigenvalue weighted by atomic mass is 32.1. The first-order valence-electron chi connectivity index (χ1n) is 9.84. The number of carbonyl (C=O) groups is 1. The van der Waals surface area contributed by atoms with Gasteiger partial charge in [-0.1, -0.05) is 42.5 Å². The Kier molecular flexibility index (Phi) is 5.69. The first kappa shape index (κ1) is 18.4. The van der Waals surface area contributed by atoms with Crippen molar-refractivity contribution in [2.75, 3.05) is 18.4 Å². The number of urea groups is 1. The molecule has 1 aliphatic carbocycles. The Labute approximate surface area is 164 Å². The Morgan fingerprint density at radius 2 is 1.96 bits per heavy atom. The fourth-order valence-electron chi connectivity index (χ4n) is 3.42. The molecule has 2 amide bonds. The topological polar surface area (TPSA) is 70.2 Å². The molecule has 2 fully saturated rings. The number of rotatable bonds is 6. The van der Waals surface area contributed by atoms with Gasteiger partial charge in [0.1, 0.15) is 5.01 Å². The van der Waals surface area contributed by atoms with Crippen LogP contribution in [-0.2, 0) is 13.1 Å². The smallest absolute Gasteiger partial charge is 0.321 e. The first-order chi connectivity index (χ1) is 13.2. The van der Waals surface area contributed by atoms with Gasteiger partial charge in [-0.2, -0.15) is 0 Å². The van der Waals surface area contributed by atoms with Gasteiger partial charge in [-0.3, -0.25) is 10.2 Å². The summed E-state index contributed by atoms with van der Waals surface area (Å²) < 4.78 is 0. The van der Waals surface area contributed by atoms with E-state index in [-0.39, 0.29) is 6.03 Å². The predicted octanol–water partition coefficient (Wildman–Crippen LogP) is 3.97. The van der Waals surface area contributed by atoms with E-state index in [1.54, 1.807) is 0 Å².